The molecule has 134 valence electrons. The Morgan fingerprint density at radius 3 is 2.52 bits per heavy atom. The second kappa shape index (κ2) is 14.5. The van der Waals surface area contributed by atoms with E-state index in [4.69, 9.17) is 5.73 Å². The fourth-order valence-electron chi connectivity index (χ4n) is 2.69. The molecule has 4 N–H and O–H groups in total. The van der Waals surface area contributed by atoms with Gasteiger partial charge in [0, 0.05) is 19.0 Å². The third-order valence-corrected chi connectivity index (χ3v) is 4.23. The lowest BCUT2D eigenvalue weighted by Crippen LogP contribution is -2.36. The molecule has 4 nitrogen and oxygen atoms in total. The molecule has 0 saturated heterocycles. The summed E-state index contributed by atoms with van der Waals surface area (Å²) in [5.41, 5.74) is 6.08. The average molecular weight is 325 g/mol. The highest BCUT2D eigenvalue weighted by atomic mass is 16.3. The van der Waals surface area contributed by atoms with E-state index in [1.807, 2.05) is 6.08 Å². The number of aliphatic hydroxyl groups is 1. The highest BCUT2D eigenvalue weighted by molar-refractivity contribution is 5.75. The Morgan fingerprint density at radius 1 is 1.17 bits per heavy atom. The minimum absolute atomic E-state index is 0.0692. The zero-order valence-corrected chi connectivity index (χ0v) is 14.8. The summed E-state index contributed by atoms with van der Waals surface area (Å²) < 4.78 is 0. The van der Waals surface area contributed by atoms with Gasteiger partial charge >= 0.3 is 0 Å². The Bertz CT molecular complexity index is 331. The lowest BCUT2D eigenvalue weighted by molar-refractivity contribution is -0.121. The third-order valence-electron chi connectivity index (χ3n) is 4.23. The Labute approximate surface area is 142 Å². The van der Waals surface area contributed by atoms with Crippen LogP contribution in [0.3, 0.4) is 0 Å². The summed E-state index contributed by atoms with van der Waals surface area (Å²) in [6.45, 7) is 10.0. The Hall–Kier alpha value is -1.13. The number of amides is 1. The molecule has 1 amide bonds. The van der Waals surface area contributed by atoms with Crippen LogP contribution in [0, 0.1) is 5.92 Å². The van der Waals surface area contributed by atoms with E-state index in [2.05, 4.69) is 25.4 Å². The standard InChI is InChI=1S/C19H36N2O2/c1-4-7-8-10-16(9-5-2)11-12-17(20)18(22)13-14-19(23)21-15-6-3/h5-6,16-18,22H,2-4,7-15,20H2,1H3,(H,21,23). The van der Waals surface area contributed by atoms with E-state index in [1.165, 1.54) is 25.7 Å². The van der Waals surface area contributed by atoms with Gasteiger partial charge in [0.05, 0.1) is 6.10 Å². The SMILES string of the molecule is C=CCNC(=O)CCC(O)C(N)CCC(CC=C)CCCCC. The molecule has 23 heavy (non-hydrogen) atoms. The minimum Gasteiger partial charge on any atom is -0.391 e. The lowest BCUT2D eigenvalue weighted by Gasteiger charge is -2.22. The number of aliphatic hydroxyl groups excluding tert-OH is 1. The first kappa shape index (κ1) is 21.9. The molecule has 0 fully saturated rings. The maximum Gasteiger partial charge on any atom is 0.220 e. The first-order valence-corrected chi connectivity index (χ1v) is 8.97. The van der Waals surface area contributed by atoms with Crippen LogP contribution >= 0.6 is 0 Å². The van der Waals surface area contributed by atoms with Crippen molar-refractivity contribution < 1.29 is 9.90 Å². The van der Waals surface area contributed by atoms with E-state index in [0.717, 1.165) is 19.3 Å². The number of carbonyl (C=O) groups is 1. The van der Waals surface area contributed by atoms with Crippen LogP contribution in [0.5, 0.6) is 0 Å². The van der Waals surface area contributed by atoms with Crippen molar-refractivity contribution in [1.82, 2.24) is 5.32 Å². The van der Waals surface area contributed by atoms with E-state index < -0.39 is 6.10 Å². The summed E-state index contributed by atoms with van der Waals surface area (Å²) in [6.07, 6.45) is 11.5. The quantitative estimate of drug-likeness (QED) is 0.319. The number of nitrogens with one attached hydrogen (secondary N) is 1. The molecular formula is C19H36N2O2. The van der Waals surface area contributed by atoms with E-state index in [0.29, 0.717) is 25.3 Å². The first-order valence-electron chi connectivity index (χ1n) is 8.97. The molecule has 0 heterocycles. The van der Waals surface area contributed by atoms with Gasteiger partial charge in [-0.2, -0.15) is 0 Å². The fourth-order valence-corrected chi connectivity index (χ4v) is 2.69. The molecular weight excluding hydrogens is 288 g/mol. The van der Waals surface area contributed by atoms with Crippen molar-refractivity contribution in [1.29, 1.82) is 0 Å². The van der Waals surface area contributed by atoms with Gasteiger partial charge in [0.15, 0.2) is 0 Å². The maximum absolute atomic E-state index is 11.5. The normalized spacial score (nSPS) is 14.7. The van der Waals surface area contributed by atoms with Gasteiger partial charge in [-0.15, -0.1) is 13.2 Å². The topological polar surface area (TPSA) is 75.3 Å². The molecule has 0 aliphatic rings. The largest absolute Gasteiger partial charge is 0.391 e. The molecule has 0 rings (SSSR count). The molecule has 0 saturated carbocycles. The molecule has 0 spiro atoms. The molecule has 3 atom stereocenters. The summed E-state index contributed by atoms with van der Waals surface area (Å²) in [4.78, 5) is 11.5. The predicted octanol–water partition coefficient (Wildman–Crippen LogP) is 3.31. The number of nitrogens with two attached hydrogens (primary N) is 1. The van der Waals surface area contributed by atoms with Crippen LogP contribution in [0.2, 0.25) is 0 Å². The van der Waals surface area contributed by atoms with Crippen molar-refractivity contribution in [2.24, 2.45) is 11.7 Å². The van der Waals surface area contributed by atoms with Gasteiger partial charge in [-0.3, -0.25) is 4.79 Å². The maximum atomic E-state index is 11.5. The fraction of sp³-hybridized carbons (Fsp3) is 0.737. The molecule has 0 aromatic rings. The smallest absolute Gasteiger partial charge is 0.220 e. The minimum atomic E-state index is -0.621. The van der Waals surface area contributed by atoms with Crippen molar-refractivity contribution in [3.05, 3.63) is 25.3 Å². The third kappa shape index (κ3) is 12.0. The first-order chi connectivity index (χ1) is 11.0. The number of unbranched alkanes of at least 4 members (excludes halogenated alkanes) is 2. The highest BCUT2D eigenvalue weighted by Crippen LogP contribution is 2.21. The van der Waals surface area contributed by atoms with Crippen LogP contribution in [0.4, 0.5) is 0 Å². The second-order valence-electron chi connectivity index (χ2n) is 6.33. The van der Waals surface area contributed by atoms with Gasteiger partial charge in [0.2, 0.25) is 5.91 Å². The predicted molar refractivity (Wildman–Crippen MR) is 98.1 cm³/mol. The Kier molecular flexibility index (Phi) is 13.8. The van der Waals surface area contributed by atoms with Gasteiger partial charge < -0.3 is 16.2 Å². The number of carbonyl (C=O) groups excluding carboxylic acids is 1. The zero-order chi connectivity index (χ0) is 17.5. The summed E-state index contributed by atoms with van der Waals surface area (Å²) in [5, 5.41) is 12.8. The van der Waals surface area contributed by atoms with Crippen LogP contribution in [0.15, 0.2) is 25.3 Å². The van der Waals surface area contributed by atoms with Crippen molar-refractivity contribution >= 4 is 5.91 Å². The summed E-state index contributed by atoms with van der Waals surface area (Å²) >= 11 is 0. The molecule has 0 radical (unpaired) electrons. The van der Waals surface area contributed by atoms with Gasteiger partial charge in [-0.05, 0) is 31.6 Å². The summed E-state index contributed by atoms with van der Waals surface area (Å²) in [5.74, 6) is 0.536. The van der Waals surface area contributed by atoms with Crippen molar-refractivity contribution in [2.75, 3.05) is 6.54 Å². The van der Waals surface area contributed by atoms with Gasteiger partial charge in [-0.25, -0.2) is 0 Å². The molecule has 3 unspecified atom stereocenters. The van der Waals surface area contributed by atoms with Crippen LogP contribution in [-0.4, -0.2) is 29.7 Å². The number of rotatable bonds is 15. The Balaban J connectivity index is 4.02. The molecule has 0 aromatic carbocycles. The molecule has 0 aromatic heterocycles. The average Bonchev–Trinajstić information content (AvgIpc) is 2.55. The van der Waals surface area contributed by atoms with E-state index in [9.17, 15) is 9.90 Å². The molecule has 0 aliphatic heterocycles. The monoisotopic (exact) mass is 324 g/mol. The van der Waals surface area contributed by atoms with Crippen LogP contribution in [0.25, 0.3) is 0 Å². The van der Waals surface area contributed by atoms with Crippen molar-refractivity contribution in [3.63, 3.8) is 0 Å². The van der Waals surface area contributed by atoms with Crippen LogP contribution < -0.4 is 11.1 Å². The highest BCUT2D eigenvalue weighted by Gasteiger charge is 2.18. The Morgan fingerprint density at radius 2 is 1.91 bits per heavy atom. The van der Waals surface area contributed by atoms with Crippen molar-refractivity contribution in [2.45, 2.75) is 76.9 Å². The van der Waals surface area contributed by atoms with E-state index in [1.54, 1.807) is 6.08 Å². The van der Waals surface area contributed by atoms with Crippen molar-refractivity contribution in [3.8, 4) is 0 Å². The van der Waals surface area contributed by atoms with Gasteiger partial charge in [0.25, 0.3) is 0 Å². The van der Waals surface area contributed by atoms with Gasteiger partial charge in [0.1, 0.15) is 0 Å². The van der Waals surface area contributed by atoms with Crippen LogP contribution in [0.1, 0.15) is 64.7 Å². The number of allylic oxidation sites excluding steroid dienone is 1. The number of hydrogen-bond acceptors (Lipinski definition) is 3. The molecule has 0 bridgehead atoms. The van der Waals surface area contributed by atoms with E-state index in [-0.39, 0.29) is 11.9 Å². The molecule has 0 aliphatic carbocycles. The van der Waals surface area contributed by atoms with Crippen LogP contribution in [-0.2, 0) is 4.79 Å². The second-order valence-corrected chi connectivity index (χ2v) is 6.33. The van der Waals surface area contributed by atoms with E-state index >= 15 is 0 Å². The summed E-state index contributed by atoms with van der Waals surface area (Å²) in [7, 11) is 0. The zero-order valence-electron chi connectivity index (χ0n) is 14.8. The number of hydrogen-bond donors (Lipinski definition) is 3. The summed E-state index contributed by atoms with van der Waals surface area (Å²) in [6, 6.07) is -0.263. The van der Waals surface area contributed by atoms with Gasteiger partial charge in [-0.1, -0.05) is 44.8 Å². The lowest BCUT2D eigenvalue weighted by atomic mass is 9.90. The molecule has 4 heteroatoms.